The average Bonchev–Trinajstić information content (AvgIpc) is 2.41. The molecular formula is C15H20O4. The first-order valence-corrected chi connectivity index (χ1v) is 6.70. The van der Waals surface area contributed by atoms with Gasteiger partial charge in [-0.3, -0.25) is 4.79 Å². The first kappa shape index (κ1) is 14.0. The second-order valence-corrected chi connectivity index (χ2v) is 4.91. The van der Waals surface area contributed by atoms with Gasteiger partial charge in [-0.25, -0.2) is 0 Å². The molecule has 1 fully saturated rings. The summed E-state index contributed by atoms with van der Waals surface area (Å²) in [7, 11) is 0. The Kier molecular flexibility index (Phi) is 5.36. The number of rotatable bonds is 6. The average molecular weight is 264 g/mol. The van der Waals surface area contributed by atoms with Crippen LogP contribution in [0.5, 0.6) is 0 Å². The van der Waals surface area contributed by atoms with Gasteiger partial charge in [-0.05, 0) is 29.9 Å². The Morgan fingerprint density at radius 2 is 1.95 bits per heavy atom. The van der Waals surface area contributed by atoms with Crippen LogP contribution in [-0.4, -0.2) is 30.9 Å². The lowest BCUT2D eigenvalue weighted by Crippen LogP contribution is -2.20. The number of hydrogen-bond acceptors (Lipinski definition) is 3. The molecule has 1 heterocycles. The molecule has 1 aromatic rings. The summed E-state index contributed by atoms with van der Waals surface area (Å²) in [4.78, 5) is 10.8. The summed E-state index contributed by atoms with van der Waals surface area (Å²) in [6, 6.07) is 7.56. The predicted molar refractivity (Wildman–Crippen MR) is 71.0 cm³/mol. The summed E-state index contributed by atoms with van der Waals surface area (Å²) >= 11 is 0. The van der Waals surface area contributed by atoms with Gasteiger partial charge >= 0.3 is 5.97 Å². The topological polar surface area (TPSA) is 55.8 Å². The van der Waals surface area contributed by atoms with E-state index in [1.54, 1.807) is 0 Å². The summed E-state index contributed by atoms with van der Waals surface area (Å²) in [6.07, 6.45) is 2.16. The molecule has 104 valence electrons. The zero-order valence-electron chi connectivity index (χ0n) is 11.0. The number of carboxylic acid groups (broad SMARTS) is 1. The normalized spacial score (nSPS) is 16.4. The molecule has 0 saturated carbocycles. The largest absolute Gasteiger partial charge is 0.481 e. The molecule has 0 aliphatic carbocycles. The van der Waals surface area contributed by atoms with Crippen LogP contribution in [0.4, 0.5) is 0 Å². The monoisotopic (exact) mass is 264 g/mol. The molecule has 0 radical (unpaired) electrons. The zero-order valence-corrected chi connectivity index (χ0v) is 11.0. The molecule has 0 atom stereocenters. The van der Waals surface area contributed by atoms with Gasteiger partial charge in [0.15, 0.2) is 0 Å². The Labute approximate surface area is 113 Å². The van der Waals surface area contributed by atoms with Crippen molar-refractivity contribution in [2.24, 2.45) is 5.92 Å². The minimum Gasteiger partial charge on any atom is -0.481 e. The highest BCUT2D eigenvalue weighted by molar-refractivity contribution is 5.70. The smallest absolute Gasteiger partial charge is 0.307 e. The number of carbonyl (C=O) groups is 1. The third-order valence-corrected chi connectivity index (χ3v) is 3.41. The lowest BCUT2D eigenvalue weighted by Gasteiger charge is -2.22. The molecular weight excluding hydrogens is 244 g/mol. The predicted octanol–water partition coefficient (Wildman–Crippen LogP) is 2.26. The van der Waals surface area contributed by atoms with Gasteiger partial charge in [-0.15, -0.1) is 0 Å². The summed E-state index contributed by atoms with van der Waals surface area (Å²) in [5.74, 6) is -0.239. The van der Waals surface area contributed by atoms with E-state index in [0.717, 1.165) is 43.8 Å². The van der Waals surface area contributed by atoms with Gasteiger partial charge in [0.25, 0.3) is 0 Å². The standard InChI is InChI=1S/C15H20O4/c16-15(17)9-13-3-1-2-4-14(13)11-19-10-12-5-7-18-8-6-12/h1-4,12H,5-11H2,(H,16,17). The number of benzene rings is 1. The van der Waals surface area contributed by atoms with Gasteiger partial charge in [0, 0.05) is 13.2 Å². The molecule has 1 aromatic carbocycles. The van der Waals surface area contributed by atoms with Crippen LogP contribution in [0.3, 0.4) is 0 Å². The zero-order chi connectivity index (χ0) is 13.5. The molecule has 0 unspecified atom stereocenters. The molecule has 0 amide bonds. The minimum absolute atomic E-state index is 0.0524. The molecule has 1 saturated heterocycles. The van der Waals surface area contributed by atoms with E-state index in [1.807, 2.05) is 24.3 Å². The SMILES string of the molecule is O=C(O)Cc1ccccc1COCC1CCOCC1. The van der Waals surface area contributed by atoms with Gasteiger partial charge < -0.3 is 14.6 Å². The Hall–Kier alpha value is -1.39. The maximum Gasteiger partial charge on any atom is 0.307 e. The van der Waals surface area contributed by atoms with Crippen molar-refractivity contribution in [3.63, 3.8) is 0 Å². The molecule has 0 aromatic heterocycles. The third kappa shape index (κ3) is 4.65. The van der Waals surface area contributed by atoms with Crippen LogP contribution in [0.25, 0.3) is 0 Å². The summed E-state index contributed by atoms with van der Waals surface area (Å²) in [5, 5.41) is 8.87. The lowest BCUT2D eigenvalue weighted by atomic mass is 10.0. The van der Waals surface area contributed by atoms with E-state index in [9.17, 15) is 4.79 Å². The number of ether oxygens (including phenoxy) is 2. The van der Waals surface area contributed by atoms with Crippen LogP contribution in [0.2, 0.25) is 0 Å². The van der Waals surface area contributed by atoms with Crippen molar-refractivity contribution in [2.45, 2.75) is 25.9 Å². The summed E-state index contributed by atoms with van der Waals surface area (Å²) in [6.45, 7) is 2.86. The fourth-order valence-electron chi connectivity index (χ4n) is 2.28. The second kappa shape index (κ2) is 7.26. The van der Waals surface area contributed by atoms with Crippen molar-refractivity contribution < 1.29 is 19.4 Å². The number of carboxylic acids is 1. The number of aliphatic carboxylic acids is 1. The highest BCUT2D eigenvalue weighted by Gasteiger charge is 2.14. The van der Waals surface area contributed by atoms with E-state index in [2.05, 4.69) is 0 Å². The fourth-order valence-corrected chi connectivity index (χ4v) is 2.28. The maximum absolute atomic E-state index is 10.8. The van der Waals surface area contributed by atoms with Crippen molar-refractivity contribution in [3.05, 3.63) is 35.4 Å². The second-order valence-electron chi connectivity index (χ2n) is 4.91. The van der Waals surface area contributed by atoms with Crippen LogP contribution < -0.4 is 0 Å². The first-order chi connectivity index (χ1) is 9.25. The molecule has 19 heavy (non-hydrogen) atoms. The quantitative estimate of drug-likeness (QED) is 0.856. The van der Waals surface area contributed by atoms with E-state index >= 15 is 0 Å². The van der Waals surface area contributed by atoms with Crippen molar-refractivity contribution in [1.29, 1.82) is 0 Å². The van der Waals surface area contributed by atoms with Crippen LogP contribution in [0.15, 0.2) is 24.3 Å². The highest BCUT2D eigenvalue weighted by Crippen LogP contribution is 2.17. The Morgan fingerprint density at radius 1 is 1.26 bits per heavy atom. The summed E-state index contributed by atoms with van der Waals surface area (Å²) < 4.78 is 11.0. The lowest BCUT2D eigenvalue weighted by molar-refractivity contribution is -0.136. The van der Waals surface area contributed by atoms with Crippen LogP contribution in [0.1, 0.15) is 24.0 Å². The van der Waals surface area contributed by atoms with Gasteiger partial charge in [-0.2, -0.15) is 0 Å². The van der Waals surface area contributed by atoms with E-state index in [0.29, 0.717) is 12.5 Å². The van der Waals surface area contributed by atoms with Crippen molar-refractivity contribution in [1.82, 2.24) is 0 Å². The Balaban J connectivity index is 1.83. The van der Waals surface area contributed by atoms with Crippen molar-refractivity contribution in [3.8, 4) is 0 Å². The fraction of sp³-hybridized carbons (Fsp3) is 0.533. The van der Waals surface area contributed by atoms with Crippen molar-refractivity contribution >= 4 is 5.97 Å². The van der Waals surface area contributed by atoms with Gasteiger partial charge in [-0.1, -0.05) is 24.3 Å². The molecule has 1 aliphatic rings. The van der Waals surface area contributed by atoms with Crippen molar-refractivity contribution in [2.75, 3.05) is 19.8 Å². The molecule has 4 nitrogen and oxygen atoms in total. The summed E-state index contributed by atoms with van der Waals surface area (Å²) in [5.41, 5.74) is 1.80. The van der Waals surface area contributed by atoms with Crippen LogP contribution in [-0.2, 0) is 27.3 Å². The van der Waals surface area contributed by atoms with E-state index in [-0.39, 0.29) is 6.42 Å². The molecule has 0 spiro atoms. The van der Waals surface area contributed by atoms with E-state index in [1.165, 1.54) is 0 Å². The minimum atomic E-state index is -0.808. The van der Waals surface area contributed by atoms with Gasteiger partial charge in [0.05, 0.1) is 19.6 Å². The molecule has 1 N–H and O–H groups in total. The first-order valence-electron chi connectivity index (χ1n) is 6.70. The van der Waals surface area contributed by atoms with E-state index < -0.39 is 5.97 Å². The highest BCUT2D eigenvalue weighted by atomic mass is 16.5. The van der Waals surface area contributed by atoms with Crippen LogP contribution in [0, 0.1) is 5.92 Å². The third-order valence-electron chi connectivity index (χ3n) is 3.41. The molecule has 2 rings (SSSR count). The van der Waals surface area contributed by atoms with Gasteiger partial charge in [0.2, 0.25) is 0 Å². The molecule has 1 aliphatic heterocycles. The van der Waals surface area contributed by atoms with E-state index in [4.69, 9.17) is 14.6 Å². The maximum atomic E-state index is 10.8. The number of hydrogen-bond donors (Lipinski definition) is 1. The Bertz CT molecular complexity index is 410. The van der Waals surface area contributed by atoms with Crippen LogP contribution >= 0.6 is 0 Å². The molecule has 4 heteroatoms. The Morgan fingerprint density at radius 3 is 2.63 bits per heavy atom. The van der Waals surface area contributed by atoms with Gasteiger partial charge in [0.1, 0.15) is 0 Å². The molecule has 0 bridgehead atoms.